The summed E-state index contributed by atoms with van der Waals surface area (Å²) in [6, 6.07) is 17.0. The number of amides is 3. The fourth-order valence-electron chi connectivity index (χ4n) is 4.34. The van der Waals surface area contributed by atoms with Crippen molar-refractivity contribution in [2.75, 3.05) is 0 Å². The molecule has 0 spiro atoms. The summed E-state index contributed by atoms with van der Waals surface area (Å²) in [5.41, 5.74) is 7.77. The number of aliphatic hydroxyl groups excluding tert-OH is 2. The first kappa shape index (κ1) is 31.2. The standard InChI is InChI=1S/C30H36N4O7/c1-17(35)25(29(39)34-26(18(2)36)30(40)41)33-28(38)24(16-19-8-4-3-5-9-19)32-27(37)23(31)15-20-12-13-21-10-6-7-11-22(21)14-20/h3-14,17-18,23-26,35-36H,15-16,31H2,1-2H3,(H,32,37)(H,33,38)(H,34,39)(H,40,41)/t17-,18-,23+,24+,25+,26+/m0/s1. The van der Waals surface area contributed by atoms with Crippen molar-refractivity contribution < 1.29 is 34.5 Å². The average Bonchev–Trinajstić information content (AvgIpc) is 2.93. The van der Waals surface area contributed by atoms with Crippen molar-refractivity contribution in [1.82, 2.24) is 16.0 Å². The second kappa shape index (κ2) is 14.4. The molecule has 0 aliphatic heterocycles. The van der Waals surface area contributed by atoms with Crippen molar-refractivity contribution in [3.63, 3.8) is 0 Å². The zero-order valence-corrected chi connectivity index (χ0v) is 22.9. The summed E-state index contributed by atoms with van der Waals surface area (Å²) in [7, 11) is 0. The topological polar surface area (TPSA) is 191 Å². The predicted octanol–water partition coefficient (Wildman–Crippen LogP) is 0.253. The summed E-state index contributed by atoms with van der Waals surface area (Å²) >= 11 is 0. The lowest BCUT2D eigenvalue weighted by Gasteiger charge is -2.27. The number of nitrogens with one attached hydrogen (secondary N) is 3. The molecule has 0 radical (unpaired) electrons. The monoisotopic (exact) mass is 564 g/mol. The second-order valence-electron chi connectivity index (χ2n) is 10.0. The number of nitrogens with two attached hydrogens (primary N) is 1. The van der Waals surface area contributed by atoms with Crippen LogP contribution in [-0.4, -0.2) is 75.4 Å². The molecule has 3 amide bonds. The van der Waals surface area contributed by atoms with E-state index in [1.807, 2.05) is 42.5 Å². The number of hydrogen-bond donors (Lipinski definition) is 7. The third-order valence-corrected chi connectivity index (χ3v) is 6.63. The minimum atomic E-state index is -1.66. The van der Waals surface area contributed by atoms with Crippen LogP contribution in [0.25, 0.3) is 10.8 Å². The summed E-state index contributed by atoms with van der Waals surface area (Å²) in [6.07, 6.45) is -2.59. The zero-order valence-electron chi connectivity index (χ0n) is 22.9. The Kier molecular flexibility index (Phi) is 10.9. The van der Waals surface area contributed by atoms with E-state index in [-0.39, 0.29) is 12.8 Å². The maximum atomic E-state index is 13.4. The van der Waals surface area contributed by atoms with E-state index in [0.717, 1.165) is 16.3 Å². The maximum absolute atomic E-state index is 13.4. The van der Waals surface area contributed by atoms with Crippen LogP contribution in [-0.2, 0) is 32.0 Å². The van der Waals surface area contributed by atoms with Crippen molar-refractivity contribution in [2.45, 2.75) is 63.1 Å². The van der Waals surface area contributed by atoms with Crippen LogP contribution >= 0.6 is 0 Å². The van der Waals surface area contributed by atoms with Gasteiger partial charge in [-0.1, -0.05) is 72.8 Å². The number of aliphatic carboxylic acids is 1. The number of carbonyl (C=O) groups excluding carboxylic acids is 3. The number of fused-ring (bicyclic) bond motifs is 1. The molecular formula is C30H36N4O7. The van der Waals surface area contributed by atoms with Crippen molar-refractivity contribution in [3.05, 3.63) is 83.9 Å². The van der Waals surface area contributed by atoms with Crippen LogP contribution < -0.4 is 21.7 Å². The van der Waals surface area contributed by atoms with Crippen molar-refractivity contribution >= 4 is 34.5 Å². The lowest BCUT2D eigenvalue weighted by molar-refractivity contribution is -0.146. The van der Waals surface area contributed by atoms with Gasteiger partial charge in [0.15, 0.2) is 6.04 Å². The molecule has 0 saturated heterocycles. The first-order chi connectivity index (χ1) is 19.5. The molecule has 8 N–H and O–H groups in total. The Labute approximate surface area is 237 Å². The number of rotatable bonds is 13. The lowest BCUT2D eigenvalue weighted by Crippen LogP contribution is -2.61. The van der Waals surface area contributed by atoms with Crippen LogP contribution in [0.2, 0.25) is 0 Å². The number of carboxylic acids is 1. The number of carboxylic acid groups (broad SMARTS) is 1. The van der Waals surface area contributed by atoms with Gasteiger partial charge in [-0.25, -0.2) is 4.79 Å². The fraction of sp³-hybridized carbons (Fsp3) is 0.333. The van der Waals surface area contributed by atoms with Crippen molar-refractivity contribution in [2.24, 2.45) is 5.73 Å². The smallest absolute Gasteiger partial charge is 0.328 e. The van der Waals surface area contributed by atoms with Gasteiger partial charge in [0.05, 0.1) is 18.2 Å². The number of hydrogen-bond acceptors (Lipinski definition) is 7. The molecule has 0 fully saturated rings. The van der Waals surface area contributed by atoms with E-state index in [2.05, 4.69) is 16.0 Å². The molecule has 0 aliphatic rings. The van der Waals surface area contributed by atoms with Gasteiger partial charge in [0.1, 0.15) is 12.1 Å². The highest BCUT2D eigenvalue weighted by atomic mass is 16.4. The molecular weight excluding hydrogens is 528 g/mol. The summed E-state index contributed by atoms with van der Waals surface area (Å²) < 4.78 is 0. The Hall–Kier alpha value is -4.32. The van der Waals surface area contributed by atoms with Crippen LogP contribution in [0.3, 0.4) is 0 Å². The Morgan fingerprint density at radius 1 is 0.683 bits per heavy atom. The van der Waals surface area contributed by atoms with Crippen molar-refractivity contribution in [3.8, 4) is 0 Å². The molecule has 6 atom stereocenters. The van der Waals surface area contributed by atoms with E-state index < -0.39 is 60.1 Å². The number of aliphatic hydroxyl groups is 2. The summed E-state index contributed by atoms with van der Waals surface area (Å²) in [4.78, 5) is 50.7. The summed E-state index contributed by atoms with van der Waals surface area (Å²) in [6.45, 7) is 2.43. The van der Waals surface area contributed by atoms with E-state index >= 15 is 0 Å². The Morgan fingerprint density at radius 3 is 1.88 bits per heavy atom. The molecule has 3 rings (SSSR count). The molecule has 0 aromatic heterocycles. The Bertz CT molecular complexity index is 1360. The zero-order chi connectivity index (χ0) is 30.1. The van der Waals surface area contributed by atoms with Gasteiger partial charge in [0, 0.05) is 6.42 Å². The van der Waals surface area contributed by atoms with Crippen LogP contribution in [0.15, 0.2) is 72.8 Å². The highest BCUT2D eigenvalue weighted by Gasteiger charge is 2.34. The van der Waals surface area contributed by atoms with Crippen LogP contribution in [0.1, 0.15) is 25.0 Å². The molecule has 3 aromatic rings. The highest BCUT2D eigenvalue weighted by molar-refractivity contribution is 5.94. The van der Waals surface area contributed by atoms with Gasteiger partial charge in [-0.15, -0.1) is 0 Å². The molecule has 0 aliphatic carbocycles. The highest BCUT2D eigenvalue weighted by Crippen LogP contribution is 2.16. The SMILES string of the molecule is C[C@H](O)[C@@H](NC(=O)[C@H](NC(=O)[C@@H](Cc1ccccc1)NC(=O)[C@H](N)Cc1ccc2ccccc2c1)[C@H](C)O)C(=O)O. The molecule has 0 saturated carbocycles. The fourth-order valence-corrected chi connectivity index (χ4v) is 4.34. The van der Waals surface area contributed by atoms with E-state index in [9.17, 15) is 34.5 Å². The number of carbonyl (C=O) groups is 4. The average molecular weight is 565 g/mol. The predicted molar refractivity (Wildman–Crippen MR) is 153 cm³/mol. The van der Waals surface area contributed by atoms with Gasteiger partial charge < -0.3 is 37.0 Å². The second-order valence-corrected chi connectivity index (χ2v) is 10.0. The van der Waals surface area contributed by atoms with Gasteiger partial charge in [-0.2, -0.15) is 0 Å². The van der Waals surface area contributed by atoms with Gasteiger partial charge in [0.25, 0.3) is 0 Å². The number of benzene rings is 3. The van der Waals surface area contributed by atoms with Crippen LogP contribution in [0.4, 0.5) is 0 Å². The molecule has 3 aromatic carbocycles. The minimum absolute atomic E-state index is 0.0562. The van der Waals surface area contributed by atoms with E-state index in [1.165, 1.54) is 13.8 Å². The Balaban J connectivity index is 1.76. The molecule has 41 heavy (non-hydrogen) atoms. The quantitative estimate of drug-likeness (QED) is 0.154. The summed E-state index contributed by atoms with van der Waals surface area (Å²) in [5, 5.41) is 38.4. The normalized spacial score (nSPS) is 15.5. The van der Waals surface area contributed by atoms with Gasteiger partial charge in [-0.05, 0) is 42.2 Å². The molecule has 0 heterocycles. The van der Waals surface area contributed by atoms with Crippen molar-refractivity contribution in [1.29, 1.82) is 0 Å². The first-order valence-electron chi connectivity index (χ1n) is 13.2. The summed E-state index contributed by atoms with van der Waals surface area (Å²) in [5.74, 6) is -3.88. The maximum Gasteiger partial charge on any atom is 0.328 e. The lowest BCUT2D eigenvalue weighted by atomic mass is 10.0. The molecule has 0 unspecified atom stereocenters. The molecule has 11 heteroatoms. The largest absolute Gasteiger partial charge is 0.480 e. The van der Waals surface area contributed by atoms with Gasteiger partial charge in [0.2, 0.25) is 17.7 Å². The Morgan fingerprint density at radius 2 is 1.27 bits per heavy atom. The van der Waals surface area contributed by atoms with Crippen LogP contribution in [0, 0.1) is 0 Å². The van der Waals surface area contributed by atoms with Gasteiger partial charge in [-0.3, -0.25) is 14.4 Å². The minimum Gasteiger partial charge on any atom is -0.480 e. The molecule has 0 bridgehead atoms. The first-order valence-corrected chi connectivity index (χ1v) is 13.2. The third kappa shape index (κ3) is 8.84. The van der Waals surface area contributed by atoms with E-state index in [0.29, 0.717) is 5.56 Å². The van der Waals surface area contributed by atoms with Crippen LogP contribution in [0.5, 0.6) is 0 Å². The van der Waals surface area contributed by atoms with E-state index in [1.54, 1.807) is 30.3 Å². The van der Waals surface area contributed by atoms with E-state index in [4.69, 9.17) is 5.73 Å². The third-order valence-electron chi connectivity index (χ3n) is 6.63. The molecule has 11 nitrogen and oxygen atoms in total. The molecule has 218 valence electrons. The van der Waals surface area contributed by atoms with Gasteiger partial charge >= 0.3 is 5.97 Å².